The number of methoxy groups -OCH3 is 2. The van der Waals surface area contributed by atoms with E-state index in [1.54, 1.807) is 27.2 Å². The van der Waals surface area contributed by atoms with Crippen LogP contribution in [0.1, 0.15) is 68.9 Å². The molecule has 0 radical (unpaired) electrons. The van der Waals surface area contributed by atoms with E-state index in [0.29, 0.717) is 17.1 Å². The Hall–Kier alpha value is -3.34. The van der Waals surface area contributed by atoms with E-state index in [4.69, 9.17) is 19.3 Å². The first-order valence-corrected chi connectivity index (χ1v) is 13.8. The second-order valence-electron chi connectivity index (χ2n) is 10.7. The van der Waals surface area contributed by atoms with Crippen molar-refractivity contribution in [2.24, 2.45) is 5.92 Å². The van der Waals surface area contributed by atoms with Crippen molar-refractivity contribution in [2.45, 2.75) is 65.4 Å². The summed E-state index contributed by atoms with van der Waals surface area (Å²) >= 11 is 0. The largest absolute Gasteiger partial charge is 0.493 e. The van der Waals surface area contributed by atoms with Crippen LogP contribution in [0.3, 0.4) is 0 Å². The van der Waals surface area contributed by atoms with Gasteiger partial charge in [-0.05, 0) is 94.9 Å². The van der Waals surface area contributed by atoms with Gasteiger partial charge in [0.1, 0.15) is 0 Å². The molecule has 0 saturated heterocycles. The zero-order valence-corrected chi connectivity index (χ0v) is 25.6. The molecule has 40 heavy (non-hydrogen) atoms. The molecule has 1 unspecified atom stereocenters. The van der Waals surface area contributed by atoms with Gasteiger partial charge in [0.2, 0.25) is 0 Å². The van der Waals surface area contributed by atoms with Gasteiger partial charge in [0.25, 0.3) is 0 Å². The lowest BCUT2D eigenvalue weighted by Gasteiger charge is -2.32. The third kappa shape index (κ3) is 10.7. The van der Waals surface area contributed by atoms with E-state index in [9.17, 15) is 10.1 Å². The van der Waals surface area contributed by atoms with Crippen molar-refractivity contribution in [3.05, 3.63) is 71.3 Å². The number of hydrogen-bond donors (Lipinski definition) is 1. The number of hydrogen-bond acceptors (Lipinski definition) is 7. The molecular weight excluding hydrogens is 504 g/mol. The van der Waals surface area contributed by atoms with Crippen molar-refractivity contribution in [3.63, 3.8) is 0 Å². The first-order valence-electron chi connectivity index (χ1n) is 13.8. The predicted octanol–water partition coefficient (Wildman–Crippen LogP) is 6.20. The van der Waals surface area contributed by atoms with Gasteiger partial charge in [0.05, 0.1) is 44.0 Å². The Balaban J connectivity index is 0.00000146. The van der Waals surface area contributed by atoms with Gasteiger partial charge in [0, 0.05) is 6.54 Å². The smallest absolute Gasteiger partial charge is 0.338 e. The maximum Gasteiger partial charge on any atom is 0.338 e. The van der Waals surface area contributed by atoms with E-state index >= 15 is 0 Å². The molecule has 2 aromatic rings. The van der Waals surface area contributed by atoms with Gasteiger partial charge in [-0.15, -0.1) is 0 Å². The summed E-state index contributed by atoms with van der Waals surface area (Å²) in [5.74, 6) is 1.16. The number of aliphatic hydroxyl groups is 1. The molecule has 220 valence electrons. The molecule has 0 fully saturated rings. The van der Waals surface area contributed by atoms with Crippen LogP contribution in [0.2, 0.25) is 0 Å². The van der Waals surface area contributed by atoms with Crippen LogP contribution < -0.4 is 9.47 Å². The van der Waals surface area contributed by atoms with E-state index in [2.05, 4.69) is 38.4 Å². The van der Waals surface area contributed by atoms with E-state index < -0.39 is 5.41 Å². The monoisotopic (exact) mass is 552 g/mol. The Kier molecular flexibility index (Phi) is 15.1. The highest BCUT2D eigenvalue weighted by molar-refractivity contribution is 5.89. The Morgan fingerprint density at radius 3 is 2.25 bits per heavy atom. The molecule has 2 rings (SSSR count). The fraction of sp³-hybridized carbons (Fsp3) is 0.515. The van der Waals surface area contributed by atoms with Crippen molar-refractivity contribution in [2.75, 3.05) is 41.0 Å². The van der Waals surface area contributed by atoms with Crippen molar-refractivity contribution in [1.82, 2.24) is 4.90 Å². The van der Waals surface area contributed by atoms with Gasteiger partial charge in [0.15, 0.2) is 11.5 Å². The van der Waals surface area contributed by atoms with Gasteiger partial charge in [-0.3, -0.25) is 0 Å². The van der Waals surface area contributed by atoms with Crippen molar-refractivity contribution < 1.29 is 24.1 Å². The minimum absolute atomic E-state index is 0.111. The molecule has 0 amide bonds. The Morgan fingerprint density at radius 1 is 1.07 bits per heavy atom. The van der Waals surface area contributed by atoms with E-state index in [1.807, 2.05) is 50.2 Å². The van der Waals surface area contributed by atoms with Crippen LogP contribution in [-0.2, 0) is 16.6 Å². The Labute approximate surface area is 241 Å². The maximum absolute atomic E-state index is 12.2. The summed E-state index contributed by atoms with van der Waals surface area (Å²) < 4.78 is 16.2. The van der Waals surface area contributed by atoms with Crippen LogP contribution in [0.15, 0.2) is 54.6 Å². The van der Waals surface area contributed by atoms with Gasteiger partial charge >= 0.3 is 5.97 Å². The summed E-state index contributed by atoms with van der Waals surface area (Å²) in [5, 5.41) is 18.3. The molecule has 0 aliphatic heterocycles. The second kappa shape index (κ2) is 17.4. The van der Waals surface area contributed by atoms with Gasteiger partial charge in [-0.1, -0.05) is 44.2 Å². The van der Waals surface area contributed by atoms with Gasteiger partial charge in [-0.2, -0.15) is 5.26 Å². The highest BCUT2D eigenvalue weighted by atomic mass is 16.5. The quantitative estimate of drug-likeness (QED) is 0.220. The Morgan fingerprint density at radius 2 is 1.73 bits per heavy atom. The summed E-state index contributed by atoms with van der Waals surface area (Å²) in [7, 11) is 5.32. The van der Waals surface area contributed by atoms with Crippen LogP contribution in [0.4, 0.5) is 0 Å². The lowest BCUT2D eigenvalue weighted by molar-refractivity contribution is 0.0377. The third-order valence-electron chi connectivity index (χ3n) is 6.75. The van der Waals surface area contributed by atoms with Gasteiger partial charge < -0.3 is 24.2 Å². The molecule has 1 atom stereocenters. The van der Waals surface area contributed by atoms with Crippen LogP contribution in [0, 0.1) is 17.2 Å². The molecule has 0 heterocycles. The molecule has 0 aromatic heterocycles. The fourth-order valence-electron chi connectivity index (χ4n) is 4.33. The number of rotatable bonds is 14. The molecule has 7 nitrogen and oxygen atoms in total. The summed E-state index contributed by atoms with van der Waals surface area (Å²) in [5.41, 5.74) is 2.86. The van der Waals surface area contributed by atoms with Crippen LogP contribution in [0.25, 0.3) is 0 Å². The minimum atomic E-state index is -0.606. The average Bonchev–Trinajstić information content (AvgIpc) is 2.93. The van der Waals surface area contributed by atoms with Crippen molar-refractivity contribution in [3.8, 4) is 17.6 Å². The van der Waals surface area contributed by atoms with E-state index in [1.165, 1.54) is 0 Å². The fourth-order valence-corrected chi connectivity index (χ4v) is 4.33. The first-order chi connectivity index (χ1) is 18.9. The van der Waals surface area contributed by atoms with Crippen LogP contribution >= 0.6 is 0 Å². The zero-order chi connectivity index (χ0) is 30.3. The number of ether oxygens (including phenoxy) is 3. The lowest BCUT2D eigenvalue weighted by Crippen LogP contribution is -2.32. The molecule has 0 spiro atoms. The molecular formula is C33H48N2O5. The normalized spacial score (nSPS) is 12.3. The molecule has 7 heteroatoms. The third-order valence-corrected chi connectivity index (χ3v) is 6.75. The molecule has 0 aliphatic carbocycles. The molecule has 0 aliphatic rings. The minimum Gasteiger partial charge on any atom is -0.493 e. The van der Waals surface area contributed by atoms with Crippen molar-refractivity contribution in [1.29, 1.82) is 5.26 Å². The molecule has 1 N–H and O–H groups in total. The SMILES string of the molecule is C=C(C)CO.COc1ccc(C(C#N)(CCCN(C)CCc2cccc(C(=O)OC(C)C)c2)C(C)C)cc1OC. The zero-order valence-electron chi connectivity index (χ0n) is 25.6. The number of benzene rings is 2. The highest BCUT2D eigenvalue weighted by Gasteiger charge is 2.36. The number of nitrogens with zero attached hydrogens (tertiary/aromatic N) is 2. The van der Waals surface area contributed by atoms with Crippen LogP contribution in [0.5, 0.6) is 11.5 Å². The number of carbonyl (C=O) groups is 1. The predicted molar refractivity (Wildman–Crippen MR) is 161 cm³/mol. The van der Waals surface area contributed by atoms with Crippen molar-refractivity contribution >= 4 is 5.97 Å². The van der Waals surface area contributed by atoms with Crippen LogP contribution in [-0.4, -0.2) is 63.0 Å². The summed E-state index contributed by atoms with van der Waals surface area (Å²) in [6.45, 7) is 14.9. The molecule has 2 aromatic carbocycles. The summed E-state index contributed by atoms with van der Waals surface area (Å²) in [6, 6.07) is 16.1. The lowest BCUT2D eigenvalue weighted by atomic mass is 9.69. The number of nitriles is 1. The summed E-state index contributed by atoms with van der Waals surface area (Å²) in [6.07, 6.45) is 2.33. The maximum atomic E-state index is 12.2. The molecule has 0 saturated carbocycles. The summed E-state index contributed by atoms with van der Waals surface area (Å²) in [4.78, 5) is 14.5. The second-order valence-corrected chi connectivity index (χ2v) is 10.7. The topological polar surface area (TPSA) is 92.0 Å². The van der Waals surface area contributed by atoms with Gasteiger partial charge in [-0.25, -0.2) is 4.79 Å². The number of carbonyl (C=O) groups excluding carboxylic acids is 1. The Bertz CT molecular complexity index is 1120. The number of aliphatic hydroxyl groups excluding tert-OH is 1. The van der Waals surface area contributed by atoms with E-state index in [-0.39, 0.29) is 24.6 Å². The standard InChI is InChI=1S/C29H40N2O4.C4H8O/c1-21(2)29(20-30,25-12-13-26(33-6)27(19-25)34-7)15-9-16-31(5)17-14-23-10-8-11-24(18-23)28(32)35-22(3)4;1-4(2)3-5/h8,10-13,18-19,21-22H,9,14-17H2,1-7H3;5H,1,3H2,2H3. The number of likely N-dealkylation sites (N-methyl/N-ethyl adjacent to an activating group) is 1. The highest BCUT2D eigenvalue weighted by Crippen LogP contribution is 2.40. The number of esters is 1. The molecule has 0 bridgehead atoms. The first kappa shape index (κ1) is 34.7. The van der Waals surface area contributed by atoms with E-state index in [0.717, 1.165) is 49.1 Å². The average molecular weight is 553 g/mol.